The molecular weight excluding hydrogens is 161 g/mol. The Bertz CT molecular complexity index is 432. The summed E-state index contributed by atoms with van der Waals surface area (Å²) in [7, 11) is 0.373. The molecule has 2 aromatic rings. The monoisotopic (exact) mass is 165 g/mol. The lowest BCUT2D eigenvalue weighted by atomic mass is 10.3. The van der Waals surface area contributed by atoms with Crippen LogP contribution >= 0.6 is 8.59 Å². The van der Waals surface area contributed by atoms with E-state index >= 15 is 0 Å². The quantitative estimate of drug-likeness (QED) is 0.597. The van der Waals surface area contributed by atoms with Gasteiger partial charge in [0.2, 0.25) is 0 Å². The second-order valence-electron chi connectivity index (χ2n) is 2.07. The lowest BCUT2D eigenvalue weighted by Gasteiger charge is -1.89. The van der Waals surface area contributed by atoms with E-state index in [1.165, 1.54) is 0 Å². The molecule has 0 saturated heterocycles. The van der Waals surface area contributed by atoms with E-state index in [-0.39, 0.29) is 5.56 Å². The molecule has 0 amide bonds. The van der Waals surface area contributed by atoms with E-state index in [2.05, 4.69) is 4.75 Å². The van der Waals surface area contributed by atoms with Gasteiger partial charge in [0.05, 0.1) is 5.39 Å². The first-order chi connectivity index (χ1) is 5.38. The lowest BCUT2D eigenvalue weighted by Crippen LogP contribution is -2.00. The van der Waals surface area contributed by atoms with Crippen molar-refractivity contribution in [3.8, 4) is 0 Å². The average Bonchev–Trinajstić information content (AvgIpc) is 2.06. The van der Waals surface area contributed by atoms with Crippen molar-refractivity contribution in [2.24, 2.45) is 0 Å². The van der Waals surface area contributed by atoms with Gasteiger partial charge in [-0.2, -0.15) is 4.75 Å². The molecule has 0 aliphatic rings. The molecule has 3 nitrogen and oxygen atoms in total. The van der Waals surface area contributed by atoms with Crippen molar-refractivity contribution in [3.63, 3.8) is 0 Å². The Labute approximate surface area is 63.9 Å². The Morgan fingerprint density at radius 3 is 3.00 bits per heavy atom. The largest absolute Gasteiger partial charge is 0.422 e. The maximum absolute atomic E-state index is 11.0. The van der Waals surface area contributed by atoms with Crippen LogP contribution in [0, 0.1) is 0 Å². The number of hydrogen-bond donors (Lipinski definition) is 0. The van der Waals surface area contributed by atoms with Gasteiger partial charge >= 0.3 is 0 Å². The van der Waals surface area contributed by atoms with E-state index in [4.69, 9.17) is 4.20 Å². The Morgan fingerprint density at radius 1 is 1.36 bits per heavy atom. The first kappa shape index (κ1) is 6.50. The summed E-state index contributed by atoms with van der Waals surface area (Å²) in [5.74, 6) is 0. The van der Waals surface area contributed by atoms with Crippen molar-refractivity contribution >= 4 is 19.6 Å². The second kappa shape index (κ2) is 2.44. The zero-order valence-corrected chi connectivity index (χ0v) is 6.41. The van der Waals surface area contributed by atoms with Crippen LogP contribution in [-0.2, 0) is 0 Å². The molecule has 0 fully saturated rings. The van der Waals surface area contributed by atoms with Crippen LogP contribution < -0.4 is 5.56 Å². The maximum atomic E-state index is 11.0. The Balaban J connectivity index is 3.03. The van der Waals surface area contributed by atoms with E-state index in [0.717, 1.165) is 0 Å². The van der Waals surface area contributed by atoms with Gasteiger partial charge in [-0.25, -0.2) is 0 Å². The molecule has 0 aliphatic heterocycles. The molecule has 0 radical (unpaired) electrons. The Kier molecular flexibility index (Phi) is 1.44. The third kappa shape index (κ3) is 1.03. The molecule has 1 aromatic carbocycles. The Hall–Kier alpha value is -1.21. The van der Waals surface area contributed by atoms with E-state index in [1.54, 1.807) is 18.2 Å². The van der Waals surface area contributed by atoms with Crippen LogP contribution in [-0.4, -0.2) is 4.75 Å². The summed E-state index contributed by atoms with van der Waals surface area (Å²) in [4.78, 5) is 11.0. The van der Waals surface area contributed by atoms with Crippen molar-refractivity contribution in [2.75, 3.05) is 0 Å². The predicted octanol–water partition coefficient (Wildman–Crippen LogP) is 1.77. The van der Waals surface area contributed by atoms with Crippen LogP contribution in [0.2, 0.25) is 0 Å². The van der Waals surface area contributed by atoms with Crippen molar-refractivity contribution in [2.45, 2.75) is 0 Å². The summed E-state index contributed by atoms with van der Waals surface area (Å²) in [6, 6.07) is 7.08. The number of rotatable bonds is 0. The van der Waals surface area contributed by atoms with Crippen LogP contribution in [0.1, 0.15) is 0 Å². The van der Waals surface area contributed by atoms with Gasteiger partial charge < -0.3 is 4.20 Å². The highest BCUT2D eigenvalue weighted by atomic mass is 31.1. The van der Waals surface area contributed by atoms with E-state index in [0.29, 0.717) is 19.6 Å². The zero-order valence-electron chi connectivity index (χ0n) is 5.52. The van der Waals surface area contributed by atoms with Gasteiger partial charge in [-0.3, -0.25) is 4.79 Å². The van der Waals surface area contributed by atoms with Crippen molar-refractivity contribution < 1.29 is 4.20 Å². The molecule has 1 heterocycles. The lowest BCUT2D eigenvalue weighted by molar-refractivity contribution is 0.740. The first-order valence-corrected chi connectivity index (χ1v) is 3.86. The third-order valence-corrected chi connectivity index (χ3v) is 1.93. The minimum Gasteiger partial charge on any atom is -0.422 e. The number of nitrogens with zero attached hydrogens (tertiary/aromatic N) is 1. The number of aromatic nitrogens is 1. The van der Waals surface area contributed by atoms with E-state index in [1.807, 2.05) is 6.07 Å². The molecule has 0 unspecified atom stereocenters. The summed E-state index contributed by atoms with van der Waals surface area (Å²) in [5, 5.41) is 0.547. The topological polar surface area (TPSA) is 43.1 Å². The van der Waals surface area contributed by atoms with Crippen LogP contribution in [0.5, 0.6) is 0 Å². The number of para-hydroxylation sites is 1. The van der Waals surface area contributed by atoms with Gasteiger partial charge in [-0.1, -0.05) is 12.1 Å². The molecule has 0 bridgehead atoms. The SMILES string of the molecule is O=c1npoc2ccccc12. The molecule has 0 spiro atoms. The van der Waals surface area contributed by atoms with Crippen molar-refractivity contribution in [1.82, 2.24) is 4.75 Å². The van der Waals surface area contributed by atoms with Crippen LogP contribution in [0.4, 0.5) is 0 Å². The molecule has 1 aromatic heterocycles. The molecule has 54 valence electrons. The third-order valence-electron chi connectivity index (χ3n) is 1.39. The predicted molar refractivity (Wildman–Crippen MR) is 42.8 cm³/mol. The summed E-state index contributed by atoms with van der Waals surface area (Å²) in [5.41, 5.74) is 0.419. The minimum absolute atomic E-state index is 0.200. The number of fused-ring (bicyclic) bond motifs is 1. The molecule has 0 aliphatic carbocycles. The summed E-state index contributed by atoms with van der Waals surface area (Å²) in [6.07, 6.45) is 0. The van der Waals surface area contributed by atoms with Gasteiger partial charge in [0.1, 0.15) is 5.58 Å². The minimum atomic E-state index is -0.200. The summed E-state index contributed by atoms with van der Waals surface area (Å²) >= 11 is 0. The van der Waals surface area contributed by atoms with Gasteiger partial charge in [-0.15, -0.1) is 0 Å². The molecule has 11 heavy (non-hydrogen) atoms. The molecule has 4 heteroatoms. The van der Waals surface area contributed by atoms with Crippen LogP contribution in [0.3, 0.4) is 0 Å². The van der Waals surface area contributed by atoms with Crippen LogP contribution in [0.15, 0.2) is 33.3 Å². The Morgan fingerprint density at radius 2 is 2.18 bits per heavy atom. The highest BCUT2D eigenvalue weighted by Crippen LogP contribution is 2.10. The number of hydrogen-bond acceptors (Lipinski definition) is 3. The van der Waals surface area contributed by atoms with Gasteiger partial charge in [0, 0.05) is 0 Å². The molecule has 0 N–H and O–H groups in total. The van der Waals surface area contributed by atoms with E-state index < -0.39 is 0 Å². The number of benzene rings is 1. The normalized spacial score (nSPS) is 10.9. The maximum Gasteiger partial charge on any atom is 0.287 e. The average molecular weight is 165 g/mol. The molecule has 0 atom stereocenters. The highest BCUT2D eigenvalue weighted by molar-refractivity contribution is 7.18. The summed E-state index contributed by atoms with van der Waals surface area (Å²) < 4.78 is 8.66. The van der Waals surface area contributed by atoms with Crippen molar-refractivity contribution in [3.05, 3.63) is 34.6 Å². The fourth-order valence-corrected chi connectivity index (χ4v) is 1.35. The molecule has 2 rings (SSSR count). The van der Waals surface area contributed by atoms with Crippen LogP contribution in [0.25, 0.3) is 11.0 Å². The van der Waals surface area contributed by atoms with E-state index in [9.17, 15) is 4.79 Å². The van der Waals surface area contributed by atoms with Crippen molar-refractivity contribution in [1.29, 1.82) is 0 Å². The zero-order chi connectivity index (χ0) is 7.68. The fourth-order valence-electron chi connectivity index (χ4n) is 0.878. The highest BCUT2D eigenvalue weighted by Gasteiger charge is 1.97. The van der Waals surface area contributed by atoms with Gasteiger partial charge in [0.15, 0.2) is 0 Å². The van der Waals surface area contributed by atoms with Gasteiger partial charge in [0.25, 0.3) is 14.2 Å². The fraction of sp³-hybridized carbons (Fsp3) is 0. The van der Waals surface area contributed by atoms with Gasteiger partial charge in [-0.05, 0) is 12.1 Å². The smallest absolute Gasteiger partial charge is 0.287 e. The second-order valence-corrected chi connectivity index (χ2v) is 2.62. The first-order valence-electron chi connectivity index (χ1n) is 3.09. The standard InChI is InChI=1S/C7H4NO2P/c9-7-5-3-1-2-4-6(5)10-11-8-7/h1-4H. The summed E-state index contributed by atoms with van der Waals surface area (Å²) in [6.45, 7) is 0. The molecular formula is C7H4NO2P. The molecule has 0 saturated carbocycles.